The molecule has 1 heterocycles. The van der Waals surface area contributed by atoms with Crippen molar-refractivity contribution in [2.45, 2.75) is 25.3 Å². The predicted molar refractivity (Wildman–Crippen MR) is 50.6 cm³/mol. The Morgan fingerprint density at radius 1 is 1.46 bits per heavy atom. The SMILES string of the molecule is COCC(CCO)N1CC2(CC2)C1. The summed E-state index contributed by atoms with van der Waals surface area (Å²) >= 11 is 0. The summed E-state index contributed by atoms with van der Waals surface area (Å²) in [5, 5.41) is 8.90. The van der Waals surface area contributed by atoms with Gasteiger partial charge in [-0.2, -0.15) is 0 Å². The van der Waals surface area contributed by atoms with E-state index >= 15 is 0 Å². The van der Waals surface area contributed by atoms with Crippen LogP contribution >= 0.6 is 0 Å². The molecule has 2 aliphatic rings. The molecule has 1 atom stereocenters. The van der Waals surface area contributed by atoms with E-state index in [-0.39, 0.29) is 6.61 Å². The number of hydrogen-bond donors (Lipinski definition) is 1. The summed E-state index contributed by atoms with van der Waals surface area (Å²) in [6.45, 7) is 3.51. The fourth-order valence-electron chi connectivity index (χ4n) is 2.28. The molecule has 0 bridgehead atoms. The van der Waals surface area contributed by atoms with Crippen LogP contribution in [-0.4, -0.2) is 49.5 Å². The number of methoxy groups -OCH3 is 1. The smallest absolute Gasteiger partial charge is 0.0618 e. The molecule has 76 valence electrons. The van der Waals surface area contributed by atoms with Gasteiger partial charge in [0, 0.05) is 32.8 Å². The van der Waals surface area contributed by atoms with Crippen molar-refractivity contribution in [3.8, 4) is 0 Å². The Labute approximate surface area is 79.7 Å². The van der Waals surface area contributed by atoms with Gasteiger partial charge in [-0.1, -0.05) is 0 Å². The first kappa shape index (κ1) is 9.44. The zero-order valence-corrected chi connectivity index (χ0v) is 8.33. The van der Waals surface area contributed by atoms with Gasteiger partial charge >= 0.3 is 0 Å². The molecular weight excluding hydrogens is 166 g/mol. The second kappa shape index (κ2) is 3.56. The fourth-order valence-corrected chi connectivity index (χ4v) is 2.28. The Kier molecular flexibility index (Phi) is 2.58. The van der Waals surface area contributed by atoms with E-state index in [1.807, 2.05) is 0 Å². The van der Waals surface area contributed by atoms with Gasteiger partial charge in [-0.05, 0) is 24.7 Å². The predicted octanol–water partition coefficient (Wildman–Crippen LogP) is 0.480. The highest BCUT2D eigenvalue weighted by Gasteiger charge is 2.53. The molecule has 2 fully saturated rings. The molecule has 13 heavy (non-hydrogen) atoms. The average Bonchev–Trinajstić information content (AvgIpc) is 2.80. The number of rotatable bonds is 5. The van der Waals surface area contributed by atoms with E-state index in [0.29, 0.717) is 11.5 Å². The van der Waals surface area contributed by atoms with Crippen molar-refractivity contribution in [2.24, 2.45) is 5.41 Å². The van der Waals surface area contributed by atoms with Crippen LogP contribution in [0, 0.1) is 5.41 Å². The van der Waals surface area contributed by atoms with Gasteiger partial charge in [0.05, 0.1) is 6.61 Å². The second-order valence-electron chi connectivity index (χ2n) is 4.53. The minimum Gasteiger partial charge on any atom is -0.396 e. The molecular formula is C10H19NO2. The summed E-state index contributed by atoms with van der Waals surface area (Å²) in [6.07, 6.45) is 3.69. The van der Waals surface area contributed by atoms with Crippen LogP contribution in [0.3, 0.4) is 0 Å². The Morgan fingerprint density at radius 3 is 2.62 bits per heavy atom. The number of likely N-dealkylation sites (tertiary alicyclic amines) is 1. The number of ether oxygens (including phenoxy) is 1. The Hall–Kier alpha value is -0.120. The third-order valence-corrected chi connectivity index (χ3v) is 3.37. The van der Waals surface area contributed by atoms with E-state index in [9.17, 15) is 0 Å². The van der Waals surface area contributed by atoms with Crippen molar-refractivity contribution in [2.75, 3.05) is 33.4 Å². The van der Waals surface area contributed by atoms with Crippen molar-refractivity contribution >= 4 is 0 Å². The molecule has 0 radical (unpaired) electrons. The minimum absolute atomic E-state index is 0.275. The van der Waals surface area contributed by atoms with E-state index < -0.39 is 0 Å². The van der Waals surface area contributed by atoms with E-state index in [1.165, 1.54) is 25.9 Å². The third-order valence-electron chi connectivity index (χ3n) is 3.37. The zero-order chi connectivity index (χ0) is 9.31. The molecule has 1 aliphatic heterocycles. The molecule has 1 spiro atoms. The molecule has 0 aromatic rings. The first-order valence-corrected chi connectivity index (χ1v) is 5.13. The molecule has 0 aromatic heterocycles. The van der Waals surface area contributed by atoms with Gasteiger partial charge in [0.15, 0.2) is 0 Å². The van der Waals surface area contributed by atoms with Gasteiger partial charge in [-0.15, -0.1) is 0 Å². The van der Waals surface area contributed by atoms with E-state index in [0.717, 1.165) is 13.0 Å². The van der Waals surface area contributed by atoms with Crippen molar-refractivity contribution in [3.05, 3.63) is 0 Å². The summed E-state index contributed by atoms with van der Waals surface area (Å²) in [6, 6.07) is 0.446. The molecule has 3 heteroatoms. The second-order valence-corrected chi connectivity index (χ2v) is 4.53. The van der Waals surface area contributed by atoms with Gasteiger partial charge < -0.3 is 9.84 Å². The molecule has 1 saturated heterocycles. The van der Waals surface area contributed by atoms with Crippen LogP contribution in [-0.2, 0) is 4.74 Å². The van der Waals surface area contributed by atoms with Crippen molar-refractivity contribution in [1.29, 1.82) is 0 Å². The molecule has 1 N–H and O–H groups in total. The number of aliphatic hydroxyl groups excluding tert-OH is 1. The van der Waals surface area contributed by atoms with Gasteiger partial charge in [0.25, 0.3) is 0 Å². The maximum absolute atomic E-state index is 8.90. The van der Waals surface area contributed by atoms with Crippen LogP contribution in [0.25, 0.3) is 0 Å². The number of hydrogen-bond acceptors (Lipinski definition) is 3. The first-order chi connectivity index (χ1) is 6.29. The number of nitrogens with zero attached hydrogens (tertiary/aromatic N) is 1. The maximum Gasteiger partial charge on any atom is 0.0618 e. The Balaban J connectivity index is 1.75. The topological polar surface area (TPSA) is 32.7 Å². The van der Waals surface area contributed by atoms with Crippen LogP contribution in [0.1, 0.15) is 19.3 Å². The number of aliphatic hydroxyl groups is 1. The lowest BCUT2D eigenvalue weighted by molar-refractivity contribution is -0.00895. The molecule has 1 saturated carbocycles. The van der Waals surface area contributed by atoms with Crippen LogP contribution in [0.15, 0.2) is 0 Å². The van der Waals surface area contributed by atoms with E-state index in [4.69, 9.17) is 9.84 Å². The van der Waals surface area contributed by atoms with Gasteiger partial charge in [0.2, 0.25) is 0 Å². The highest BCUT2D eigenvalue weighted by Crippen LogP contribution is 2.53. The lowest BCUT2D eigenvalue weighted by atomic mass is 9.94. The highest BCUT2D eigenvalue weighted by molar-refractivity contribution is 5.06. The summed E-state index contributed by atoms with van der Waals surface area (Å²) in [4.78, 5) is 2.45. The summed E-state index contributed by atoms with van der Waals surface area (Å²) < 4.78 is 5.15. The van der Waals surface area contributed by atoms with E-state index in [1.54, 1.807) is 7.11 Å². The third kappa shape index (κ3) is 1.87. The molecule has 3 nitrogen and oxygen atoms in total. The van der Waals surface area contributed by atoms with E-state index in [2.05, 4.69) is 4.90 Å². The van der Waals surface area contributed by atoms with Crippen molar-refractivity contribution < 1.29 is 9.84 Å². The van der Waals surface area contributed by atoms with Crippen LogP contribution in [0.4, 0.5) is 0 Å². The molecule has 1 unspecified atom stereocenters. The molecule has 1 aliphatic carbocycles. The normalized spacial score (nSPS) is 27.2. The standard InChI is InChI=1S/C10H19NO2/c1-13-6-9(2-5-12)11-7-10(8-11)3-4-10/h9,12H,2-8H2,1H3. The maximum atomic E-state index is 8.90. The highest BCUT2D eigenvalue weighted by atomic mass is 16.5. The van der Waals surface area contributed by atoms with Crippen molar-refractivity contribution in [3.63, 3.8) is 0 Å². The Morgan fingerprint density at radius 2 is 2.15 bits per heavy atom. The quantitative estimate of drug-likeness (QED) is 0.676. The van der Waals surface area contributed by atoms with Gasteiger partial charge in [-0.25, -0.2) is 0 Å². The summed E-state index contributed by atoms with van der Waals surface area (Å²) in [5.74, 6) is 0. The minimum atomic E-state index is 0.275. The first-order valence-electron chi connectivity index (χ1n) is 5.13. The van der Waals surface area contributed by atoms with Crippen LogP contribution in [0.2, 0.25) is 0 Å². The summed E-state index contributed by atoms with van der Waals surface area (Å²) in [5.41, 5.74) is 0.710. The fraction of sp³-hybridized carbons (Fsp3) is 1.00. The molecule has 2 rings (SSSR count). The van der Waals surface area contributed by atoms with Gasteiger partial charge in [0.1, 0.15) is 0 Å². The lowest BCUT2D eigenvalue weighted by Crippen LogP contribution is -2.55. The average molecular weight is 185 g/mol. The van der Waals surface area contributed by atoms with Crippen LogP contribution < -0.4 is 0 Å². The largest absolute Gasteiger partial charge is 0.396 e. The Bertz CT molecular complexity index is 166. The van der Waals surface area contributed by atoms with Crippen molar-refractivity contribution in [1.82, 2.24) is 4.90 Å². The van der Waals surface area contributed by atoms with Crippen LogP contribution in [0.5, 0.6) is 0 Å². The molecule has 0 amide bonds. The zero-order valence-electron chi connectivity index (χ0n) is 8.33. The monoisotopic (exact) mass is 185 g/mol. The molecule has 0 aromatic carbocycles. The summed E-state index contributed by atoms with van der Waals surface area (Å²) in [7, 11) is 1.73. The van der Waals surface area contributed by atoms with Gasteiger partial charge in [-0.3, -0.25) is 4.90 Å². The lowest BCUT2D eigenvalue weighted by Gasteiger charge is -2.45.